The zero-order valence-electron chi connectivity index (χ0n) is 8.42. The summed E-state index contributed by atoms with van der Waals surface area (Å²) in [5, 5.41) is 4.75. The predicted molar refractivity (Wildman–Crippen MR) is 56.3 cm³/mol. The highest BCUT2D eigenvalue weighted by molar-refractivity contribution is 7.11. The van der Waals surface area contributed by atoms with E-state index in [-0.39, 0.29) is 0 Å². The molecule has 3 heteroatoms. The van der Waals surface area contributed by atoms with Gasteiger partial charge in [0.1, 0.15) is 0 Å². The average molecular weight is 196 g/mol. The van der Waals surface area contributed by atoms with Crippen molar-refractivity contribution < 1.29 is 0 Å². The summed E-state index contributed by atoms with van der Waals surface area (Å²) in [6.07, 6.45) is 1.10. The van der Waals surface area contributed by atoms with Crippen molar-refractivity contribution in [1.82, 2.24) is 10.3 Å². The van der Waals surface area contributed by atoms with Gasteiger partial charge in [-0.2, -0.15) is 0 Å². The number of hydrogen-bond acceptors (Lipinski definition) is 3. The molecule has 0 aliphatic carbocycles. The van der Waals surface area contributed by atoms with E-state index in [4.69, 9.17) is 0 Å². The number of rotatable bonds is 1. The van der Waals surface area contributed by atoms with Crippen LogP contribution in [0.15, 0.2) is 0 Å². The Labute approximate surface area is 83.4 Å². The smallest absolute Gasteiger partial charge is 0.0957 e. The van der Waals surface area contributed by atoms with Gasteiger partial charge in [0.15, 0.2) is 0 Å². The first-order valence-corrected chi connectivity index (χ1v) is 5.73. The first-order valence-electron chi connectivity index (χ1n) is 4.91. The van der Waals surface area contributed by atoms with E-state index in [0.29, 0.717) is 12.0 Å². The molecule has 0 bridgehead atoms. The molecule has 0 spiro atoms. The average Bonchev–Trinajstić information content (AvgIpc) is 2.49. The lowest BCUT2D eigenvalue weighted by molar-refractivity contribution is 0.544. The fourth-order valence-electron chi connectivity index (χ4n) is 1.65. The molecule has 1 aliphatic heterocycles. The van der Waals surface area contributed by atoms with Crippen LogP contribution in [0.4, 0.5) is 0 Å². The van der Waals surface area contributed by atoms with Gasteiger partial charge in [0.05, 0.1) is 10.7 Å². The molecular weight excluding hydrogens is 180 g/mol. The van der Waals surface area contributed by atoms with Crippen molar-refractivity contribution in [2.75, 3.05) is 6.54 Å². The van der Waals surface area contributed by atoms with Crippen LogP contribution in [0.5, 0.6) is 0 Å². The molecule has 0 saturated heterocycles. The summed E-state index contributed by atoms with van der Waals surface area (Å²) in [6, 6.07) is 0.508. The number of aromatic nitrogens is 1. The number of nitrogens with zero attached hydrogens (tertiary/aromatic N) is 1. The fourth-order valence-corrected chi connectivity index (χ4v) is 2.79. The van der Waals surface area contributed by atoms with Gasteiger partial charge in [0.25, 0.3) is 0 Å². The van der Waals surface area contributed by atoms with E-state index in [1.165, 1.54) is 15.6 Å². The van der Waals surface area contributed by atoms with E-state index >= 15 is 0 Å². The van der Waals surface area contributed by atoms with Gasteiger partial charge >= 0.3 is 0 Å². The summed E-state index contributed by atoms with van der Waals surface area (Å²) in [6.45, 7) is 7.72. The minimum atomic E-state index is 0.508. The third kappa shape index (κ3) is 1.63. The molecule has 2 nitrogen and oxygen atoms in total. The summed E-state index contributed by atoms with van der Waals surface area (Å²) in [7, 11) is 0. The Morgan fingerprint density at radius 2 is 2.31 bits per heavy atom. The molecule has 0 radical (unpaired) electrons. The SMILES string of the molecule is CC(C)c1nc2c(s1)C(C)NCC2. The molecule has 1 N–H and O–H groups in total. The molecule has 1 aromatic rings. The maximum Gasteiger partial charge on any atom is 0.0957 e. The highest BCUT2D eigenvalue weighted by Gasteiger charge is 2.21. The van der Waals surface area contributed by atoms with Crippen LogP contribution in [0.3, 0.4) is 0 Å². The summed E-state index contributed by atoms with van der Waals surface area (Å²) in [5.74, 6) is 0.572. The van der Waals surface area contributed by atoms with Gasteiger partial charge < -0.3 is 5.32 Å². The maximum absolute atomic E-state index is 4.68. The van der Waals surface area contributed by atoms with Crippen LogP contribution in [-0.4, -0.2) is 11.5 Å². The molecule has 1 atom stereocenters. The minimum absolute atomic E-state index is 0.508. The quantitative estimate of drug-likeness (QED) is 0.746. The summed E-state index contributed by atoms with van der Waals surface area (Å²) < 4.78 is 0. The van der Waals surface area contributed by atoms with E-state index in [1.807, 2.05) is 11.3 Å². The van der Waals surface area contributed by atoms with Gasteiger partial charge in [-0.15, -0.1) is 11.3 Å². The Hall–Kier alpha value is -0.410. The van der Waals surface area contributed by atoms with E-state index in [9.17, 15) is 0 Å². The third-order valence-electron chi connectivity index (χ3n) is 2.44. The van der Waals surface area contributed by atoms with Crippen molar-refractivity contribution in [1.29, 1.82) is 0 Å². The highest BCUT2D eigenvalue weighted by Crippen LogP contribution is 2.31. The maximum atomic E-state index is 4.68. The second-order valence-corrected chi connectivity index (χ2v) is 5.01. The van der Waals surface area contributed by atoms with Crippen LogP contribution in [-0.2, 0) is 6.42 Å². The Kier molecular flexibility index (Phi) is 2.39. The molecule has 13 heavy (non-hydrogen) atoms. The zero-order valence-corrected chi connectivity index (χ0v) is 9.24. The van der Waals surface area contributed by atoms with Crippen LogP contribution in [0.25, 0.3) is 0 Å². The molecular formula is C10H16N2S. The molecule has 2 heterocycles. The lowest BCUT2D eigenvalue weighted by atomic mass is 10.1. The molecule has 0 fully saturated rings. The number of fused-ring (bicyclic) bond motifs is 1. The van der Waals surface area contributed by atoms with Crippen LogP contribution in [0.1, 0.15) is 48.3 Å². The predicted octanol–water partition coefficient (Wildman–Crippen LogP) is 2.47. The molecule has 0 aromatic carbocycles. The summed E-state index contributed by atoms with van der Waals surface area (Å²) in [4.78, 5) is 6.13. The van der Waals surface area contributed by atoms with Gasteiger partial charge in [-0.05, 0) is 6.92 Å². The lowest BCUT2D eigenvalue weighted by Gasteiger charge is -2.18. The van der Waals surface area contributed by atoms with Crippen LogP contribution in [0.2, 0.25) is 0 Å². The van der Waals surface area contributed by atoms with E-state index < -0.39 is 0 Å². The van der Waals surface area contributed by atoms with Crippen molar-refractivity contribution in [2.45, 2.75) is 39.2 Å². The Balaban J connectivity index is 2.36. The van der Waals surface area contributed by atoms with E-state index in [2.05, 4.69) is 31.1 Å². The largest absolute Gasteiger partial charge is 0.309 e. The van der Waals surface area contributed by atoms with E-state index in [0.717, 1.165) is 13.0 Å². The van der Waals surface area contributed by atoms with Crippen molar-refractivity contribution in [3.05, 3.63) is 15.6 Å². The number of nitrogens with one attached hydrogen (secondary N) is 1. The third-order valence-corrected chi connectivity index (χ3v) is 4.02. The molecule has 0 saturated carbocycles. The van der Waals surface area contributed by atoms with E-state index in [1.54, 1.807) is 0 Å². The van der Waals surface area contributed by atoms with Crippen molar-refractivity contribution in [3.8, 4) is 0 Å². The molecule has 1 aliphatic rings. The Morgan fingerprint density at radius 1 is 1.54 bits per heavy atom. The van der Waals surface area contributed by atoms with Gasteiger partial charge in [-0.3, -0.25) is 0 Å². The standard InChI is InChI=1S/C10H16N2S/c1-6(2)10-12-8-4-5-11-7(3)9(8)13-10/h6-7,11H,4-5H2,1-3H3. The first-order chi connectivity index (χ1) is 6.18. The second-order valence-electron chi connectivity index (χ2n) is 3.94. The molecule has 2 rings (SSSR count). The Bertz CT molecular complexity index is 304. The minimum Gasteiger partial charge on any atom is -0.309 e. The topological polar surface area (TPSA) is 24.9 Å². The summed E-state index contributed by atoms with van der Waals surface area (Å²) >= 11 is 1.88. The molecule has 0 amide bonds. The van der Waals surface area contributed by atoms with Crippen LogP contribution in [0, 0.1) is 0 Å². The summed E-state index contributed by atoms with van der Waals surface area (Å²) in [5.41, 5.74) is 1.33. The Morgan fingerprint density at radius 3 is 2.92 bits per heavy atom. The first kappa shape index (κ1) is 9.16. The monoisotopic (exact) mass is 196 g/mol. The fraction of sp³-hybridized carbons (Fsp3) is 0.700. The van der Waals surface area contributed by atoms with Crippen LogP contribution >= 0.6 is 11.3 Å². The van der Waals surface area contributed by atoms with Crippen molar-refractivity contribution in [2.24, 2.45) is 0 Å². The van der Waals surface area contributed by atoms with Gasteiger partial charge in [-0.1, -0.05) is 13.8 Å². The lowest BCUT2D eigenvalue weighted by Crippen LogP contribution is -2.26. The zero-order chi connectivity index (χ0) is 9.42. The normalized spacial score (nSPS) is 22.0. The van der Waals surface area contributed by atoms with Crippen LogP contribution < -0.4 is 5.32 Å². The van der Waals surface area contributed by atoms with Crippen molar-refractivity contribution in [3.63, 3.8) is 0 Å². The molecule has 1 unspecified atom stereocenters. The van der Waals surface area contributed by atoms with Gasteiger partial charge in [0.2, 0.25) is 0 Å². The highest BCUT2D eigenvalue weighted by atomic mass is 32.1. The van der Waals surface area contributed by atoms with Gasteiger partial charge in [0, 0.05) is 29.8 Å². The van der Waals surface area contributed by atoms with Gasteiger partial charge in [-0.25, -0.2) is 4.98 Å². The second kappa shape index (κ2) is 3.39. The number of hydrogen-bond donors (Lipinski definition) is 1. The molecule has 72 valence electrons. The molecule has 1 aromatic heterocycles. The number of thiazole rings is 1. The van der Waals surface area contributed by atoms with Crippen molar-refractivity contribution >= 4 is 11.3 Å².